The maximum absolute atomic E-state index is 12.9. The molecular weight excluding hydrogens is 351 g/mol. The molecule has 1 aliphatic carbocycles. The molecule has 0 aromatic heterocycles. The van der Waals surface area contributed by atoms with Gasteiger partial charge in [0, 0.05) is 12.2 Å². The number of hydrogen-bond donors (Lipinski definition) is 3. The van der Waals surface area contributed by atoms with Crippen molar-refractivity contribution < 1.29 is 14.7 Å². The normalized spacial score (nSPS) is 13.1. The largest absolute Gasteiger partial charge is 0.507 e. The summed E-state index contributed by atoms with van der Waals surface area (Å²) in [5, 5.41) is 13.4. The Hall–Kier alpha value is -2.50. The number of nitrogens with two attached hydrogens (primary N) is 1. The summed E-state index contributed by atoms with van der Waals surface area (Å²) in [5.74, 6) is -1.30. The summed E-state index contributed by atoms with van der Waals surface area (Å²) in [5.41, 5.74) is 5.74. The highest BCUT2D eigenvalue weighted by atomic mass is 35.5. The minimum absolute atomic E-state index is 0.0102. The number of anilines is 1. The molecule has 0 amide bonds. The van der Waals surface area contributed by atoms with Crippen LogP contribution in [-0.4, -0.2) is 23.2 Å². The molecule has 2 aromatic rings. The van der Waals surface area contributed by atoms with Gasteiger partial charge in [-0.05, 0) is 36.5 Å². The fraction of sp³-hybridized carbons (Fsp3) is 0.0588. The number of benzene rings is 2. The van der Waals surface area contributed by atoms with Crippen LogP contribution in [0.15, 0.2) is 36.5 Å². The van der Waals surface area contributed by atoms with E-state index in [9.17, 15) is 14.7 Å². The summed E-state index contributed by atoms with van der Waals surface area (Å²) in [7, 11) is 0. The summed E-state index contributed by atoms with van der Waals surface area (Å²) < 4.78 is 0. The molecule has 2 aromatic carbocycles. The number of phenols is 1. The van der Waals surface area contributed by atoms with E-state index in [4.69, 9.17) is 28.9 Å². The van der Waals surface area contributed by atoms with Crippen molar-refractivity contribution in [2.45, 2.75) is 0 Å². The fourth-order valence-electron chi connectivity index (χ4n) is 2.69. The van der Waals surface area contributed by atoms with E-state index in [1.807, 2.05) is 0 Å². The average molecular weight is 363 g/mol. The van der Waals surface area contributed by atoms with Crippen molar-refractivity contribution in [3.05, 3.63) is 68.8 Å². The Kier molecular flexibility index (Phi) is 4.22. The number of carbonyl (C=O) groups is 2. The Morgan fingerprint density at radius 3 is 2.12 bits per heavy atom. The van der Waals surface area contributed by atoms with Crippen LogP contribution in [0.2, 0.25) is 10.0 Å². The van der Waals surface area contributed by atoms with Crippen LogP contribution in [0.1, 0.15) is 31.8 Å². The van der Waals surface area contributed by atoms with Crippen molar-refractivity contribution in [2.24, 2.45) is 5.73 Å². The van der Waals surface area contributed by atoms with Gasteiger partial charge in [0.1, 0.15) is 5.75 Å². The van der Waals surface area contributed by atoms with Gasteiger partial charge in [-0.2, -0.15) is 0 Å². The summed E-state index contributed by atoms with van der Waals surface area (Å²) in [6.45, 7) is 0.353. The minimum atomic E-state index is -0.539. The molecule has 0 heterocycles. The first kappa shape index (κ1) is 16.4. The van der Waals surface area contributed by atoms with Gasteiger partial charge in [-0.3, -0.25) is 9.59 Å². The van der Waals surface area contributed by atoms with Crippen LogP contribution in [0.3, 0.4) is 0 Å². The number of rotatable bonds is 3. The van der Waals surface area contributed by atoms with Crippen molar-refractivity contribution in [2.75, 3.05) is 11.9 Å². The van der Waals surface area contributed by atoms with Gasteiger partial charge in [0.25, 0.3) is 0 Å². The standard InChI is InChI=1S/C17H12Cl2N2O3/c18-8-2-3-9(19)13-12(8)16(23)14-10(21-7-1-6-20)4-5-11(22)15(14)17(13)24/h1-6,21-22H,7,20H2. The number of halogens is 2. The molecule has 0 unspecified atom stereocenters. The lowest BCUT2D eigenvalue weighted by Gasteiger charge is -2.23. The van der Waals surface area contributed by atoms with E-state index in [1.54, 1.807) is 6.08 Å². The molecule has 0 atom stereocenters. The second-order valence-electron chi connectivity index (χ2n) is 5.13. The minimum Gasteiger partial charge on any atom is -0.507 e. The van der Waals surface area contributed by atoms with Gasteiger partial charge in [0.15, 0.2) is 11.6 Å². The highest BCUT2D eigenvalue weighted by Gasteiger charge is 2.37. The van der Waals surface area contributed by atoms with Gasteiger partial charge < -0.3 is 16.2 Å². The summed E-state index contributed by atoms with van der Waals surface area (Å²) in [6, 6.07) is 5.78. The van der Waals surface area contributed by atoms with E-state index < -0.39 is 11.6 Å². The molecule has 0 bridgehead atoms. The topological polar surface area (TPSA) is 92.4 Å². The van der Waals surface area contributed by atoms with Crippen LogP contribution in [0.25, 0.3) is 0 Å². The molecule has 0 aliphatic heterocycles. The maximum Gasteiger partial charge on any atom is 0.199 e. The number of hydrogen-bond acceptors (Lipinski definition) is 5. The van der Waals surface area contributed by atoms with Crippen molar-refractivity contribution in [3.8, 4) is 5.75 Å². The molecule has 3 rings (SSSR count). The Labute approximate surface area is 147 Å². The molecule has 0 saturated heterocycles. The third kappa shape index (κ3) is 2.42. The number of nitrogens with one attached hydrogen (secondary N) is 1. The number of carbonyl (C=O) groups excluding carboxylic acids is 2. The monoisotopic (exact) mass is 362 g/mol. The van der Waals surface area contributed by atoms with Crippen molar-refractivity contribution in [1.82, 2.24) is 0 Å². The summed E-state index contributed by atoms with van der Waals surface area (Å²) >= 11 is 12.2. The lowest BCUT2D eigenvalue weighted by atomic mass is 9.82. The first-order chi connectivity index (χ1) is 11.5. The van der Waals surface area contributed by atoms with Crippen LogP contribution in [-0.2, 0) is 0 Å². The SMILES string of the molecule is NC=CCNc1ccc(O)c2c1C(=O)c1c(Cl)ccc(Cl)c1C2=O. The van der Waals surface area contributed by atoms with E-state index in [1.165, 1.54) is 30.5 Å². The molecule has 0 spiro atoms. The average Bonchev–Trinajstić information content (AvgIpc) is 2.56. The Bertz CT molecular complexity index is 907. The highest BCUT2D eigenvalue weighted by molar-refractivity contribution is 6.44. The van der Waals surface area contributed by atoms with Crippen molar-refractivity contribution >= 4 is 40.5 Å². The molecule has 5 nitrogen and oxygen atoms in total. The van der Waals surface area contributed by atoms with E-state index in [2.05, 4.69) is 5.32 Å². The quantitative estimate of drug-likeness (QED) is 0.621. The first-order valence-electron chi connectivity index (χ1n) is 7.01. The zero-order valence-corrected chi connectivity index (χ0v) is 13.8. The smallest absolute Gasteiger partial charge is 0.199 e. The predicted molar refractivity (Wildman–Crippen MR) is 93.3 cm³/mol. The summed E-state index contributed by atoms with van der Waals surface area (Å²) in [4.78, 5) is 25.8. The third-order valence-corrected chi connectivity index (χ3v) is 4.37. The van der Waals surface area contributed by atoms with E-state index in [0.717, 1.165) is 0 Å². The molecule has 1 aliphatic rings. The van der Waals surface area contributed by atoms with Crippen LogP contribution >= 0.6 is 23.2 Å². The second kappa shape index (κ2) is 6.19. The number of fused-ring (bicyclic) bond motifs is 2. The molecule has 24 heavy (non-hydrogen) atoms. The van der Waals surface area contributed by atoms with Gasteiger partial charge in [0.05, 0.1) is 32.3 Å². The lowest BCUT2D eigenvalue weighted by molar-refractivity contribution is 0.0977. The van der Waals surface area contributed by atoms with Crippen LogP contribution in [0, 0.1) is 0 Å². The molecule has 0 fully saturated rings. The molecular formula is C17H12Cl2N2O3. The number of aromatic hydroxyl groups is 1. The van der Waals surface area contributed by atoms with Crippen molar-refractivity contribution in [3.63, 3.8) is 0 Å². The van der Waals surface area contributed by atoms with Gasteiger partial charge in [-0.15, -0.1) is 0 Å². The maximum atomic E-state index is 12.9. The van der Waals surface area contributed by atoms with E-state index in [-0.39, 0.29) is 38.0 Å². The Morgan fingerprint density at radius 1 is 0.958 bits per heavy atom. The molecule has 0 radical (unpaired) electrons. The zero-order chi connectivity index (χ0) is 17.4. The first-order valence-corrected chi connectivity index (χ1v) is 7.77. The van der Waals surface area contributed by atoms with Crippen LogP contribution in [0.5, 0.6) is 5.75 Å². The Balaban J connectivity index is 2.26. The molecule has 7 heteroatoms. The summed E-state index contributed by atoms with van der Waals surface area (Å²) in [6.07, 6.45) is 3.00. The van der Waals surface area contributed by atoms with E-state index in [0.29, 0.717) is 12.2 Å². The zero-order valence-electron chi connectivity index (χ0n) is 12.3. The molecule has 122 valence electrons. The van der Waals surface area contributed by atoms with Gasteiger partial charge in [0.2, 0.25) is 0 Å². The van der Waals surface area contributed by atoms with Gasteiger partial charge in [-0.25, -0.2) is 0 Å². The predicted octanol–water partition coefficient (Wildman–Crippen LogP) is 3.36. The number of ketones is 2. The fourth-order valence-corrected chi connectivity index (χ4v) is 3.17. The number of phenolic OH excluding ortho intramolecular Hbond substituents is 1. The molecule has 0 saturated carbocycles. The van der Waals surface area contributed by atoms with Gasteiger partial charge >= 0.3 is 0 Å². The van der Waals surface area contributed by atoms with Crippen LogP contribution < -0.4 is 11.1 Å². The Morgan fingerprint density at radius 2 is 1.54 bits per heavy atom. The highest BCUT2D eigenvalue weighted by Crippen LogP contribution is 2.41. The third-order valence-electron chi connectivity index (χ3n) is 3.74. The lowest BCUT2D eigenvalue weighted by Crippen LogP contribution is -2.23. The van der Waals surface area contributed by atoms with Crippen molar-refractivity contribution in [1.29, 1.82) is 0 Å². The van der Waals surface area contributed by atoms with Crippen LogP contribution in [0.4, 0.5) is 5.69 Å². The van der Waals surface area contributed by atoms with Gasteiger partial charge in [-0.1, -0.05) is 23.2 Å². The second-order valence-corrected chi connectivity index (χ2v) is 5.94. The molecule has 4 N–H and O–H groups in total. The van der Waals surface area contributed by atoms with E-state index >= 15 is 0 Å².